The summed E-state index contributed by atoms with van der Waals surface area (Å²) in [7, 11) is 0. The number of rotatable bonds is 5. The summed E-state index contributed by atoms with van der Waals surface area (Å²) in [6.45, 7) is 12.1. The summed E-state index contributed by atoms with van der Waals surface area (Å²) >= 11 is 3.68. The van der Waals surface area contributed by atoms with Crippen LogP contribution in [0.25, 0.3) is 0 Å². The van der Waals surface area contributed by atoms with Gasteiger partial charge in [-0.25, -0.2) is 4.79 Å². The quantitative estimate of drug-likeness (QED) is 0.801. The van der Waals surface area contributed by atoms with Gasteiger partial charge in [0.25, 0.3) is 0 Å². The molecule has 6 nitrogen and oxygen atoms in total. The minimum Gasteiger partial charge on any atom is -0.444 e. The molecule has 1 aromatic heterocycles. The van der Waals surface area contributed by atoms with E-state index in [-0.39, 0.29) is 18.1 Å². The van der Waals surface area contributed by atoms with Crippen molar-refractivity contribution < 1.29 is 9.53 Å². The lowest BCUT2D eigenvalue weighted by Crippen LogP contribution is -2.38. The van der Waals surface area contributed by atoms with Crippen LogP contribution in [0.5, 0.6) is 0 Å². The molecular formula is C18H31BrN4O2. The van der Waals surface area contributed by atoms with Gasteiger partial charge in [-0.2, -0.15) is 5.10 Å². The summed E-state index contributed by atoms with van der Waals surface area (Å²) in [6.07, 6.45) is 2.33. The third-order valence-corrected chi connectivity index (χ3v) is 5.52. The lowest BCUT2D eigenvalue weighted by atomic mass is 9.95. The van der Waals surface area contributed by atoms with Crippen molar-refractivity contribution in [3.63, 3.8) is 0 Å². The van der Waals surface area contributed by atoms with Crippen molar-refractivity contribution in [2.75, 3.05) is 13.1 Å². The molecule has 2 rings (SSSR count). The molecule has 0 spiro atoms. The number of aryl methyl sites for hydroxylation is 2. The number of amides is 1. The van der Waals surface area contributed by atoms with Crippen molar-refractivity contribution in [1.29, 1.82) is 0 Å². The second-order valence-corrected chi connectivity index (χ2v) is 8.51. The molecule has 142 valence electrons. The summed E-state index contributed by atoms with van der Waals surface area (Å²) in [4.78, 5) is 14.0. The van der Waals surface area contributed by atoms with E-state index in [9.17, 15) is 4.79 Å². The zero-order chi connectivity index (χ0) is 18.8. The molecule has 0 radical (unpaired) electrons. The fourth-order valence-electron chi connectivity index (χ4n) is 3.23. The Morgan fingerprint density at radius 2 is 2.12 bits per heavy atom. The SMILES string of the molecule is CCc1nn(CC)c(CC(N)C2CCN(C(=O)OC(C)(C)C)C2)c1Br. The molecule has 1 fully saturated rings. The Morgan fingerprint density at radius 3 is 2.68 bits per heavy atom. The summed E-state index contributed by atoms with van der Waals surface area (Å²) in [5.74, 6) is 0.282. The van der Waals surface area contributed by atoms with Crippen LogP contribution in [-0.4, -0.2) is 45.5 Å². The molecular weight excluding hydrogens is 384 g/mol. The highest BCUT2D eigenvalue weighted by Gasteiger charge is 2.33. The Hall–Kier alpha value is -1.08. The van der Waals surface area contributed by atoms with Gasteiger partial charge in [-0.15, -0.1) is 0 Å². The molecule has 0 aromatic carbocycles. The Balaban J connectivity index is 2.00. The monoisotopic (exact) mass is 414 g/mol. The van der Waals surface area contributed by atoms with Crippen LogP contribution in [-0.2, 0) is 24.1 Å². The Bertz CT molecular complexity index is 609. The van der Waals surface area contributed by atoms with E-state index in [0.29, 0.717) is 13.1 Å². The van der Waals surface area contributed by atoms with Crippen molar-refractivity contribution in [1.82, 2.24) is 14.7 Å². The van der Waals surface area contributed by atoms with Crippen LogP contribution in [0, 0.1) is 5.92 Å². The Kier molecular flexibility index (Phi) is 6.54. The molecule has 1 aromatic rings. The molecule has 7 heteroatoms. The topological polar surface area (TPSA) is 73.4 Å². The molecule has 2 atom stereocenters. The molecule has 2 unspecified atom stereocenters. The van der Waals surface area contributed by atoms with E-state index in [0.717, 1.165) is 41.7 Å². The number of ether oxygens (including phenoxy) is 1. The van der Waals surface area contributed by atoms with Crippen LogP contribution in [0.15, 0.2) is 4.47 Å². The smallest absolute Gasteiger partial charge is 0.410 e. The van der Waals surface area contributed by atoms with Gasteiger partial charge in [0.05, 0.1) is 15.9 Å². The Labute approximate surface area is 159 Å². The van der Waals surface area contributed by atoms with Crippen LogP contribution in [0.1, 0.15) is 52.4 Å². The normalized spacial score (nSPS) is 19.3. The first-order valence-corrected chi connectivity index (χ1v) is 9.93. The van der Waals surface area contributed by atoms with E-state index in [1.54, 1.807) is 4.90 Å². The van der Waals surface area contributed by atoms with Gasteiger partial charge < -0.3 is 15.4 Å². The number of hydrogen-bond acceptors (Lipinski definition) is 4. The molecule has 25 heavy (non-hydrogen) atoms. The summed E-state index contributed by atoms with van der Waals surface area (Å²) in [5.41, 5.74) is 8.27. The zero-order valence-electron chi connectivity index (χ0n) is 16.0. The summed E-state index contributed by atoms with van der Waals surface area (Å²) in [5, 5.41) is 4.64. The molecule has 2 heterocycles. The van der Waals surface area contributed by atoms with Gasteiger partial charge in [0.2, 0.25) is 0 Å². The largest absolute Gasteiger partial charge is 0.444 e. The van der Waals surface area contributed by atoms with Crippen molar-refractivity contribution in [2.45, 2.75) is 72.1 Å². The number of carbonyl (C=O) groups excluding carboxylic acids is 1. The maximum absolute atomic E-state index is 12.2. The highest BCUT2D eigenvalue weighted by atomic mass is 79.9. The van der Waals surface area contributed by atoms with Crippen LogP contribution < -0.4 is 5.73 Å². The lowest BCUT2D eigenvalue weighted by Gasteiger charge is -2.25. The number of likely N-dealkylation sites (tertiary alicyclic amines) is 1. The van der Waals surface area contributed by atoms with Crippen LogP contribution in [0.3, 0.4) is 0 Å². The maximum atomic E-state index is 12.2. The predicted molar refractivity (Wildman–Crippen MR) is 103 cm³/mol. The van der Waals surface area contributed by atoms with Gasteiger partial charge in [0.15, 0.2) is 0 Å². The van der Waals surface area contributed by atoms with E-state index in [2.05, 4.69) is 34.9 Å². The van der Waals surface area contributed by atoms with Crippen molar-refractivity contribution in [3.05, 3.63) is 15.9 Å². The summed E-state index contributed by atoms with van der Waals surface area (Å²) in [6, 6.07) is -0.00422. The molecule has 2 N–H and O–H groups in total. The van der Waals surface area contributed by atoms with E-state index in [1.165, 1.54) is 0 Å². The van der Waals surface area contributed by atoms with E-state index >= 15 is 0 Å². The van der Waals surface area contributed by atoms with Crippen LogP contribution in [0.4, 0.5) is 4.79 Å². The fraction of sp³-hybridized carbons (Fsp3) is 0.778. The number of halogens is 1. The van der Waals surface area contributed by atoms with Crippen LogP contribution >= 0.6 is 15.9 Å². The second-order valence-electron chi connectivity index (χ2n) is 7.72. The van der Waals surface area contributed by atoms with Gasteiger partial charge in [-0.05, 0) is 62.4 Å². The van der Waals surface area contributed by atoms with E-state index in [4.69, 9.17) is 10.5 Å². The van der Waals surface area contributed by atoms with Gasteiger partial charge >= 0.3 is 6.09 Å². The second kappa shape index (κ2) is 8.08. The van der Waals surface area contributed by atoms with Gasteiger partial charge in [0.1, 0.15) is 5.60 Å². The number of nitrogens with two attached hydrogens (primary N) is 1. The minimum atomic E-state index is -0.466. The van der Waals surface area contributed by atoms with Crippen molar-refractivity contribution >= 4 is 22.0 Å². The fourth-order valence-corrected chi connectivity index (χ4v) is 3.96. The summed E-state index contributed by atoms with van der Waals surface area (Å²) < 4.78 is 8.58. The molecule has 0 saturated carbocycles. The van der Waals surface area contributed by atoms with Gasteiger partial charge in [0, 0.05) is 32.1 Å². The predicted octanol–water partition coefficient (Wildman–Crippen LogP) is 3.35. The van der Waals surface area contributed by atoms with Crippen molar-refractivity contribution in [3.8, 4) is 0 Å². The van der Waals surface area contributed by atoms with Crippen LogP contribution in [0.2, 0.25) is 0 Å². The number of carbonyl (C=O) groups is 1. The number of hydrogen-bond donors (Lipinski definition) is 1. The first-order chi connectivity index (χ1) is 11.7. The van der Waals surface area contributed by atoms with E-state index < -0.39 is 5.60 Å². The number of nitrogens with zero attached hydrogens (tertiary/aromatic N) is 3. The van der Waals surface area contributed by atoms with Crippen molar-refractivity contribution in [2.24, 2.45) is 11.7 Å². The lowest BCUT2D eigenvalue weighted by molar-refractivity contribution is 0.0286. The third kappa shape index (κ3) is 4.97. The molecule has 1 saturated heterocycles. The highest BCUT2D eigenvalue weighted by Crippen LogP contribution is 2.27. The van der Waals surface area contributed by atoms with Gasteiger partial charge in [-0.1, -0.05) is 6.92 Å². The van der Waals surface area contributed by atoms with E-state index in [1.807, 2.05) is 25.5 Å². The zero-order valence-corrected chi connectivity index (χ0v) is 17.6. The molecule has 0 aliphatic carbocycles. The average Bonchev–Trinajstić information content (AvgIpc) is 3.12. The molecule has 0 bridgehead atoms. The maximum Gasteiger partial charge on any atom is 0.410 e. The first kappa shape index (κ1) is 20.2. The highest BCUT2D eigenvalue weighted by molar-refractivity contribution is 9.10. The number of aromatic nitrogens is 2. The standard InChI is InChI=1S/C18H31BrN4O2/c1-6-14-16(19)15(23(7-2)21-14)10-13(20)12-8-9-22(11-12)17(24)25-18(3,4)5/h12-13H,6-11,20H2,1-5H3. The Morgan fingerprint density at radius 1 is 1.44 bits per heavy atom. The molecule has 1 amide bonds. The molecule has 1 aliphatic rings. The van der Waals surface area contributed by atoms with Gasteiger partial charge in [-0.3, -0.25) is 4.68 Å². The third-order valence-electron chi connectivity index (χ3n) is 4.61. The average molecular weight is 415 g/mol. The first-order valence-electron chi connectivity index (χ1n) is 9.13. The minimum absolute atomic E-state index is 0.00422. The molecule has 1 aliphatic heterocycles.